The molecule has 0 aliphatic carbocycles. The van der Waals surface area contributed by atoms with Gasteiger partial charge in [-0.05, 0) is 47.0 Å². The van der Waals surface area contributed by atoms with Gasteiger partial charge < -0.3 is 9.51 Å². The van der Waals surface area contributed by atoms with Crippen molar-refractivity contribution >= 4 is 18.1 Å². The molecule has 0 unspecified atom stereocenters. The van der Waals surface area contributed by atoms with Gasteiger partial charge in [0.15, 0.2) is 0 Å². The van der Waals surface area contributed by atoms with Gasteiger partial charge in [-0.25, -0.2) is 4.98 Å². The van der Waals surface area contributed by atoms with Crippen LogP contribution in [0.15, 0.2) is 73.3 Å². The molecule has 0 amide bonds. The number of aromatic nitrogens is 3. The van der Waals surface area contributed by atoms with E-state index < -0.39 is 0 Å². The zero-order chi connectivity index (χ0) is 15.6. The van der Waals surface area contributed by atoms with E-state index in [2.05, 4.69) is 16.2 Å². The Morgan fingerprint density at radius 2 is 1.79 bits per heavy atom. The Balaban J connectivity index is 0.00000169. The largest absolute Gasteiger partial charge is 0.392 e. The van der Waals surface area contributed by atoms with E-state index in [1.165, 1.54) is 0 Å². The first-order valence-electron chi connectivity index (χ1n) is 7.43. The lowest BCUT2D eigenvalue weighted by Gasteiger charge is -2.04. The van der Waals surface area contributed by atoms with Gasteiger partial charge in [-0.2, -0.15) is 0 Å². The molecule has 0 radical (unpaired) electrons. The Bertz CT molecular complexity index is 967. The highest BCUT2D eigenvalue weighted by atomic mass is 35.5. The summed E-state index contributed by atoms with van der Waals surface area (Å²) in [7, 11) is 0. The molecule has 0 fully saturated rings. The molecule has 0 bridgehead atoms. The molecule has 4 rings (SSSR count). The minimum Gasteiger partial charge on any atom is -0.392 e. The van der Waals surface area contributed by atoms with Crippen molar-refractivity contribution in [2.45, 2.75) is 6.61 Å². The van der Waals surface area contributed by atoms with Gasteiger partial charge in [-0.15, -0.1) is 12.4 Å². The van der Waals surface area contributed by atoms with Crippen LogP contribution in [-0.4, -0.2) is 19.5 Å². The molecule has 5 heteroatoms. The van der Waals surface area contributed by atoms with E-state index in [-0.39, 0.29) is 19.0 Å². The highest BCUT2D eigenvalue weighted by Crippen LogP contribution is 2.23. The first kappa shape index (κ1) is 16.2. The van der Waals surface area contributed by atoms with Crippen LogP contribution in [-0.2, 0) is 6.61 Å². The summed E-state index contributed by atoms with van der Waals surface area (Å²) in [5, 5.41) is 9.29. The van der Waals surface area contributed by atoms with Crippen LogP contribution in [0.1, 0.15) is 5.56 Å². The molecule has 0 saturated heterocycles. The second kappa shape index (κ2) is 6.83. The smallest absolute Gasteiger partial charge is 0.137 e. The number of halogens is 1. The molecule has 120 valence electrons. The normalized spacial score (nSPS) is 10.5. The van der Waals surface area contributed by atoms with Crippen molar-refractivity contribution in [3.8, 4) is 22.4 Å². The van der Waals surface area contributed by atoms with Crippen LogP contribution in [0.5, 0.6) is 0 Å². The zero-order valence-corrected chi connectivity index (χ0v) is 13.6. The Morgan fingerprint density at radius 1 is 0.917 bits per heavy atom. The summed E-state index contributed by atoms with van der Waals surface area (Å²) in [6.45, 7) is 0.0479. The van der Waals surface area contributed by atoms with Crippen LogP contribution in [0.3, 0.4) is 0 Å². The summed E-state index contributed by atoms with van der Waals surface area (Å²) in [4.78, 5) is 8.78. The molecular formula is C19H16ClN3O. The molecule has 4 aromatic rings. The van der Waals surface area contributed by atoms with Gasteiger partial charge in [-0.3, -0.25) is 4.98 Å². The van der Waals surface area contributed by atoms with Crippen molar-refractivity contribution < 1.29 is 5.11 Å². The summed E-state index contributed by atoms with van der Waals surface area (Å²) in [5.74, 6) is 0. The number of nitrogens with zero attached hydrogens (tertiary/aromatic N) is 3. The van der Waals surface area contributed by atoms with Gasteiger partial charge in [-0.1, -0.05) is 18.2 Å². The number of aliphatic hydroxyl groups excluding tert-OH is 1. The van der Waals surface area contributed by atoms with E-state index in [1.54, 1.807) is 6.20 Å². The Hall–Kier alpha value is -2.69. The molecule has 3 aromatic heterocycles. The number of aliphatic hydroxyl groups is 1. The third-order valence-corrected chi connectivity index (χ3v) is 3.85. The van der Waals surface area contributed by atoms with Gasteiger partial charge in [0.05, 0.1) is 12.3 Å². The molecular weight excluding hydrogens is 322 g/mol. The fourth-order valence-electron chi connectivity index (χ4n) is 2.67. The lowest BCUT2D eigenvalue weighted by Crippen LogP contribution is -1.87. The molecule has 1 aromatic carbocycles. The van der Waals surface area contributed by atoms with Gasteiger partial charge in [0.1, 0.15) is 5.65 Å². The number of hydrogen-bond acceptors (Lipinski definition) is 3. The second-order valence-electron chi connectivity index (χ2n) is 5.41. The molecule has 0 aliphatic rings. The number of benzene rings is 1. The van der Waals surface area contributed by atoms with E-state index in [0.29, 0.717) is 0 Å². The number of rotatable bonds is 3. The summed E-state index contributed by atoms with van der Waals surface area (Å²) in [5.41, 5.74) is 5.87. The van der Waals surface area contributed by atoms with Gasteiger partial charge >= 0.3 is 0 Å². The van der Waals surface area contributed by atoms with Crippen LogP contribution in [0.2, 0.25) is 0 Å². The quantitative estimate of drug-likeness (QED) is 0.615. The summed E-state index contributed by atoms with van der Waals surface area (Å²) >= 11 is 0. The lowest BCUT2D eigenvalue weighted by molar-refractivity contribution is 0.282. The molecule has 1 N–H and O–H groups in total. The summed E-state index contributed by atoms with van der Waals surface area (Å²) < 4.78 is 2.02. The van der Waals surface area contributed by atoms with Crippen LogP contribution >= 0.6 is 12.4 Å². The first-order valence-corrected chi connectivity index (χ1v) is 7.43. The number of fused-ring (bicyclic) bond motifs is 1. The van der Waals surface area contributed by atoms with Crippen molar-refractivity contribution in [1.82, 2.24) is 14.4 Å². The molecule has 0 spiro atoms. The monoisotopic (exact) mass is 337 g/mol. The van der Waals surface area contributed by atoms with E-state index in [9.17, 15) is 5.11 Å². The average molecular weight is 338 g/mol. The third kappa shape index (κ3) is 3.02. The standard InChI is InChI=1S/C19H15N3O.ClH/c23-13-14-3-1-4-15(9-14)17-6-7-19-21-18(12-22(19)11-17)16-5-2-8-20-10-16;/h1-12,23H,13H2;1H. The highest BCUT2D eigenvalue weighted by molar-refractivity contribution is 5.85. The third-order valence-electron chi connectivity index (χ3n) is 3.85. The summed E-state index contributed by atoms with van der Waals surface area (Å²) in [6.07, 6.45) is 7.63. The zero-order valence-electron chi connectivity index (χ0n) is 12.8. The first-order chi connectivity index (χ1) is 11.3. The molecule has 24 heavy (non-hydrogen) atoms. The molecule has 0 aliphatic heterocycles. The topological polar surface area (TPSA) is 50.4 Å². The van der Waals surface area contributed by atoms with Crippen molar-refractivity contribution in [1.29, 1.82) is 0 Å². The minimum atomic E-state index is 0. The van der Waals surface area contributed by atoms with Crippen LogP contribution in [0.4, 0.5) is 0 Å². The van der Waals surface area contributed by atoms with Crippen molar-refractivity contribution in [2.24, 2.45) is 0 Å². The predicted octanol–water partition coefficient (Wildman–Crippen LogP) is 3.98. The predicted molar refractivity (Wildman–Crippen MR) is 97.0 cm³/mol. The number of imidazole rings is 1. The summed E-state index contributed by atoms with van der Waals surface area (Å²) in [6, 6.07) is 15.9. The maximum atomic E-state index is 9.29. The Kier molecular flexibility index (Phi) is 4.60. The maximum Gasteiger partial charge on any atom is 0.137 e. The van der Waals surface area contributed by atoms with E-state index >= 15 is 0 Å². The van der Waals surface area contributed by atoms with Crippen molar-refractivity contribution in [3.05, 3.63) is 78.9 Å². The molecule has 0 saturated carbocycles. The molecule has 3 heterocycles. The van der Waals surface area contributed by atoms with Gasteiger partial charge in [0.25, 0.3) is 0 Å². The Labute approximate surface area is 145 Å². The highest BCUT2D eigenvalue weighted by Gasteiger charge is 2.06. The number of pyridine rings is 2. The van der Waals surface area contributed by atoms with E-state index in [4.69, 9.17) is 0 Å². The Morgan fingerprint density at radius 3 is 2.58 bits per heavy atom. The van der Waals surface area contributed by atoms with Gasteiger partial charge in [0.2, 0.25) is 0 Å². The maximum absolute atomic E-state index is 9.29. The van der Waals surface area contributed by atoms with Gasteiger partial charge in [0, 0.05) is 30.4 Å². The lowest BCUT2D eigenvalue weighted by atomic mass is 10.1. The van der Waals surface area contributed by atoms with Crippen molar-refractivity contribution in [3.63, 3.8) is 0 Å². The fourth-order valence-corrected chi connectivity index (χ4v) is 2.67. The second-order valence-corrected chi connectivity index (χ2v) is 5.41. The van der Waals surface area contributed by atoms with Crippen LogP contribution < -0.4 is 0 Å². The molecule has 0 atom stereocenters. The fraction of sp³-hybridized carbons (Fsp3) is 0.0526. The number of hydrogen-bond donors (Lipinski definition) is 1. The van der Waals surface area contributed by atoms with E-state index in [1.807, 2.05) is 65.3 Å². The SMILES string of the molecule is Cl.OCc1cccc(-c2ccc3nc(-c4cccnc4)cn3c2)c1. The van der Waals surface area contributed by atoms with Crippen LogP contribution in [0.25, 0.3) is 28.0 Å². The van der Waals surface area contributed by atoms with Crippen LogP contribution in [0, 0.1) is 0 Å². The van der Waals surface area contributed by atoms with Crippen molar-refractivity contribution in [2.75, 3.05) is 0 Å². The molecule has 4 nitrogen and oxygen atoms in total. The average Bonchev–Trinajstić information content (AvgIpc) is 3.06. The van der Waals surface area contributed by atoms with E-state index in [0.717, 1.165) is 33.6 Å². The minimum absolute atomic E-state index is 0.